The second kappa shape index (κ2) is 10.3. The number of carbonyl (C=O) groups excluding carboxylic acids is 2. The SMILES string of the molecule is Nc1nc(C(=NOC2CSC2)C(=O)NC2C(=O)N3C(C(=O)O)=C(CSc4nncs4)CS[C@@H]23)cs1. The number of nitrogens with two attached hydrogens (primary N) is 1. The largest absolute Gasteiger partial charge is 0.477 e. The maximum absolute atomic E-state index is 13.1. The first-order valence-electron chi connectivity index (χ1n) is 10.0. The molecule has 0 saturated carbocycles. The second-order valence-electron chi connectivity index (χ2n) is 7.39. The van der Waals surface area contributed by atoms with Crippen LogP contribution in [0.5, 0.6) is 0 Å². The number of nitrogens with zero attached hydrogens (tertiary/aromatic N) is 5. The van der Waals surface area contributed by atoms with Crippen LogP contribution in [-0.4, -0.2) is 89.2 Å². The molecule has 2 fully saturated rings. The van der Waals surface area contributed by atoms with Crippen LogP contribution in [0.2, 0.25) is 0 Å². The van der Waals surface area contributed by atoms with Crippen LogP contribution >= 0.6 is 58.0 Å². The van der Waals surface area contributed by atoms with E-state index in [1.165, 1.54) is 39.8 Å². The first-order valence-corrected chi connectivity index (χ1v) is 15.0. The number of fused-ring (bicyclic) bond motifs is 1. The summed E-state index contributed by atoms with van der Waals surface area (Å²) in [5.74, 6) is -0.00383. The molecule has 0 radical (unpaired) electrons. The number of carbonyl (C=O) groups is 3. The van der Waals surface area contributed by atoms with Crippen LogP contribution in [-0.2, 0) is 19.2 Å². The Morgan fingerprint density at radius 3 is 2.83 bits per heavy atom. The number of thioether (sulfide) groups is 3. The minimum atomic E-state index is -1.19. The van der Waals surface area contributed by atoms with Crippen molar-refractivity contribution >= 4 is 86.6 Å². The molecule has 0 aliphatic carbocycles. The molecule has 35 heavy (non-hydrogen) atoms. The van der Waals surface area contributed by atoms with E-state index >= 15 is 0 Å². The molecule has 3 aliphatic heterocycles. The van der Waals surface area contributed by atoms with Gasteiger partial charge in [0.15, 0.2) is 15.2 Å². The Morgan fingerprint density at radius 2 is 2.20 bits per heavy atom. The molecule has 2 saturated heterocycles. The van der Waals surface area contributed by atoms with Crippen LogP contribution in [0, 0.1) is 0 Å². The normalized spacial score (nSPS) is 22.3. The third-order valence-corrected chi connectivity index (χ3v) is 10.3. The number of anilines is 1. The van der Waals surface area contributed by atoms with Crippen molar-refractivity contribution in [3.63, 3.8) is 0 Å². The minimum absolute atomic E-state index is 0.0479. The molecule has 0 aromatic carbocycles. The van der Waals surface area contributed by atoms with Crippen molar-refractivity contribution in [2.24, 2.45) is 5.16 Å². The fraction of sp³-hybridized carbons (Fsp3) is 0.389. The van der Waals surface area contributed by atoms with Crippen LogP contribution in [0.15, 0.2) is 31.7 Å². The Balaban J connectivity index is 1.30. The maximum atomic E-state index is 13.1. The number of carboxylic acids is 1. The smallest absolute Gasteiger partial charge is 0.352 e. The van der Waals surface area contributed by atoms with E-state index < -0.39 is 29.2 Å². The van der Waals surface area contributed by atoms with E-state index in [1.807, 2.05) is 0 Å². The van der Waals surface area contributed by atoms with Crippen LogP contribution in [0.3, 0.4) is 0 Å². The summed E-state index contributed by atoms with van der Waals surface area (Å²) in [4.78, 5) is 48.9. The van der Waals surface area contributed by atoms with E-state index in [0.717, 1.165) is 22.8 Å². The molecule has 3 aliphatic rings. The van der Waals surface area contributed by atoms with Crippen molar-refractivity contribution in [3.8, 4) is 0 Å². The van der Waals surface area contributed by atoms with E-state index in [1.54, 1.807) is 22.7 Å². The van der Waals surface area contributed by atoms with Crippen molar-refractivity contribution in [2.45, 2.75) is 21.9 Å². The highest BCUT2D eigenvalue weighted by molar-refractivity contribution is 8.02. The number of hydrogen-bond acceptors (Lipinski definition) is 14. The highest BCUT2D eigenvalue weighted by Gasteiger charge is 2.54. The van der Waals surface area contributed by atoms with Crippen molar-refractivity contribution in [1.29, 1.82) is 0 Å². The van der Waals surface area contributed by atoms with Crippen molar-refractivity contribution < 1.29 is 24.3 Å². The molecule has 2 aromatic heterocycles. The number of nitrogen functional groups attached to an aromatic ring is 1. The average Bonchev–Trinajstić information content (AvgIpc) is 3.48. The van der Waals surface area contributed by atoms with Gasteiger partial charge in [0, 0.05) is 28.4 Å². The van der Waals surface area contributed by atoms with E-state index in [2.05, 4.69) is 25.7 Å². The number of β-lactam (4-membered cyclic amide) rings is 1. The Labute approximate surface area is 219 Å². The number of aliphatic carboxylic acids is 1. The van der Waals surface area contributed by atoms with Gasteiger partial charge in [0.05, 0.1) is 0 Å². The third kappa shape index (κ3) is 5.00. The van der Waals surface area contributed by atoms with Gasteiger partial charge in [0.1, 0.15) is 34.4 Å². The molecule has 5 rings (SSSR count). The quantitative estimate of drug-likeness (QED) is 0.169. The summed E-state index contributed by atoms with van der Waals surface area (Å²) in [6.07, 6.45) is -0.0896. The zero-order valence-corrected chi connectivity index (χ0v) is 21.7. The number of hydrogen-bond donors (Lipinski definition) is 3. The zero-order valence-electron chi connectivity index (χ0n) is 17.7. The molecule has 4 N–H and O–H groups in total. The van der Waals surface area contributed by atoms with Gasteiger partial charge in [-0.15, -0.1) is 33.3 Å². The average molecular weight is 572 g/mol. The lowest BCUT2D eigenvalue weighted by atomic mass is 10.0. The number of nitrogens with one attached hydrogen (secondary N) is 1. The topological polar surface area (TPSA) is 173 Å². The summed E-state index contributed by atoms with van der Waals surface area (Å²) in [5, 5.41) is 25.5. The zero-order chi connectivity index (χ0) is 24.5. The van der Waals surface area contributed by atoms with E-state index in [4.69, 9.17) is 10.6 Å². The molecular formula is C18H17N7O5S5. The van der Waals surface area contributed by atoms with Gasteiger partial charge in [-0.3, -0.25) is 14.5 Å². The monoisotopic (exact) mass is 571 g/mol. The van der Waals surface area contributed by atoms with E-state index in [0.29, 0.717) is 21.4 Å². The molecule has 5 heterocycles. The predicted octanol–water partition coefficient (Wildman–Crippen LogP) is 0.944. The molecule has 2 amide bonds. The standard InChI is InChI=1S/C18H17N7O5S5/c19-17-21-9(5-33-17)10(24-30-8-3-31-4-8)13(26)22-11-14(27)25-12(16(28)29)7(1-32-15(11)25)2-34-18-23-20-6-35-18/h5-6,8,11,15H,1-4H2,(H2,19,21)(H,22,26)(H,28,29)/t11?,15-/m0/s1. The highest BCUT2D eigenvalue weighted by Crippen LogP contribution is 2.41. The van der Waals surface area contributed by atoms with Crippen LogP contribution in [0.4, 0.5) is 5.13 Å². The van der Waals surface area contributed by atoms with Crippen molar-refractivity contribution in [1.82, 2.24) is 25.4 Å². The van der Waals surface area contributed by atoms with Gasteiger partial charge in [0.2, 0.25) is 0 Å². The van der Waals surface area contributed by atoms with Crippen LogP contribution in [0.1, 0.15) is 5.69 Å². The minimum Gasteiger partial charge on any atom is -0.477 e. The number of aromatic nitrogens is 3. The molecule has 0 bridgehead atoms. The first kappa shape index (κ1) is 24.4. The van der Waals surface area contributed by atoms with Gasteiger partial charge in [0.25, 0.3) is 11.8 Å². The molecule has 2 aromatic rings. The van der Waals surface area contributed by atoms with Gasteiger partial charge < -0.3 is 21.0 Å². The summed E-state index contributed by atoms with van der Waals surface area (Å²) in [6, 6.07) is -0.903. The van der Waals surface area contributed by atoms with Gasteiger partial charge in [-0.05, 0) is 5.57 Å². The molecule has 0 spiro atoms. The lowest BCUT2D eigenvalue weighted by Crippen LogP contribution is -2.71. The van der Waals surface area contributed by atoms with Crippen LogP contribution in [0.25, 0.3) is 0 Å². The summed E-state index contributed by atoms with van der Waals surface area (Å²) < 4.78 is 0.714. The van der Waals surface area contributed by atoms with Gasteiger partial charge in [-0.25, -0.2) is 9.78 Å². The Morgan fingerprint density at radius 1 is 1.37 bits per heavy atom. The molecule has 184 valence electrons. The number of carboxylic acid groups (broad SMARTS) is 1. The highest BCUT2D eigenvalue weighted by atomic mass is 32.2. The number of thiazole rings is 1. The van der Waals surface area contributed by atoms with E-state index in [-0.39, 0.29) is 28.3 Å². The number of oxime groups is 1. The van der Waals surface area contributed by atoms with Crippen molar-refractivity contribution in [3.05, 3.63) is 27.9 Å². The number of rotatable bonds is 9. The Kier molecular flexibility index (Phi) is 7.19. The first-order chi connectivity index (χ1) is 16.9. The molecule has 1 unspecified atom stereocenters. The number of amides is 2. The summed E-state index contributed by atoms with van der Waals surface area (Å²) in [5.41, 5.74) is 8.05. The summed E-state index contributed by atoms with van der Waals surface area (Å²) in [7, 11) is 0. The summed E-state index contributed by atoms with van der Waals surface area (Å²) in [6.45, 7) is 0. The fourth-order valence-electron chi connectivity index (χ4n) is 3.38. The third-order valence-electron chi connectivity index (χ3n) is 5.13. The molecular weight excluding hydrogens is 555 g/mol. The fourth-order valence-corrected chi connectivity index (χ4v) is 7.45. The van der Waals surface area contributed by atoms with Crippen LogP contribution < -0.4 is 11.1 Å². The maximum Gasteiger partial charge on any atom is 0.352 e. The Bertz CT molecular complexity index is 1210. The van der Waals surface area contributed by atoms with Gasteiger partial charge in [-0.2, -0.15) is 11.8 Å². The molecule has 2 atom stereocenters. The lowest BCUT2D eigenvalue weighted by Gasteiger charge is -2.49. The lowest BCUT2D eigenvalue weighted by molar-refractivity contribution is -0.150. The van der Waals surface area contributed by atoms with Gasteiger partial charge >= 0.3 is 5.97 Å². The summed E-state index contributed by atoms with van der Waals surface area (Å²) >= 11 is 6.98. The predicted molar refractivity (Wildman–Crippen MR) is 136 cm³/mol. The van der Waals surface area contributed by atoms with Crippen molar-refractivity contribution in [2.75, 3.05) is 28.7 Å². The Hall–Kier alpha value is -2.34. The molecule has 17 heteroatoms. The molecule has 12 nitrogen and oxygen atoms in total. The second-order valence-corrected chi connectivity index (χ2v) is 12.5. The van der Waals surface area contributed by atoms with Gasteiger partial charge in [-0.1, -0.05) is 28.3 Å². The van der Waals surface area contributed by atoms with E-state index in [9.17, 15) is 19.5 Å².